The molecule has 0 aliphatic heterocycles. The Bertz CT molecular complexity index is 928. The SMILES string of the molecule is O=C(NOCC1(CO)CC1)c1cc(Br)c(F)c(F)c1Nc1ccc(I)cc1Cl. The number of carbonyl (C=O) groups is 1. The van der Waals surface area contributed by atoms with Crippen molar-refractivity contribution in [3.05, 3.63) is 54.5 Å². The van der Waals surface area contributed by atoms with Crippen LogP contribution in [0.3, 0.4) is 0 Å². The number of nitrogens with one attached hydrogen (secondary N) is 2. The van der Waals surface area contributed by atoms with Gasteiger partial charge in [-0.2, -0.15) is 0 Å². The van der Waals surface area contributed by atoms with Gasteiger partial charge in [0.05, 0.1) is 39.6 Å². The van der Waals surface area contributed by atoms with Crippen molar-refractivity contribution in [2.75, 3.05) is 18.5 Å². The summed E-state index contributed by atoms with van der Waals surface area (Å²) in [6.45, 7) is 0.0868. The number of anilines is 2. The van der Waals surface area contributed by atoms with Crippen LogP contribution in [0, 0.1) is 20.6 Å². The Labute approximate surface area is 187 Å². The molecule has 0 unspecified atom stereocenters. The molecule has 0 bridgehead atoms. The van der Waals surface area contributed by atoms with Crippen molar-refractivity contribution >= 4 is 67.4 Å². The molecule has 150 valence electrons. The van der Waals surface area contributed by atoms with Crippen LogP contribution in [0.25, 0.3) is 0 Å². The van der Waals surface area contributed by atoms with Crippen LogP contribution >= 0.6 is 50.1 Å². The van der Waals surface area contributed by atoms with E-state index in [2.05, 4.69) is 49.3 Å². The molecule has 0 atom stereocenters. The number of carbonyl (C=O) groups excluding carboxylic acids is 1. The van der Waals surface area contributed by atoms with Gasteiger partial charge in [-0.3, -0.25) is 9.63 Å². The minimum absolute atomic E-state index is 0.0439. The van der Waals surface area contributed by atoms with E-state index in [1.165, 1.54) is 0 Å². The summed E-state index contributed by atoms with van der Waals surface area (Å²) < 4.78 is 29.3. The summed E-state index contributed by atoms with van der Waals surface area (Å²) in [6, 6.07) is 6.12. The fourth-order valence-corrected chi connectivity index (χ4v) is 3.76. The lowest BCUT2D eigenvalue weighted by Gasteiger charge is -2.17. The lowest BCUT2D eigenvalue weighted by Crippen LogP contribution is -2.29. The predicted molar refractivity (Wildman–Crippen MR) is 114 cm³/mol. The Hall–Kier alpha value is -1.01. The molecule has 3 rings (SSSR count). The molecule has 0 aromatic heterocycles. The van der Waals surface area contributed by atoms with Crippen molar-refractivity contribution in [2.24, 2.45) is 5.41 Å². The molecule has 3 N–H and O–H groups in total. The van der Waals surface area contributed by atoms with Crippen LogP contribution < -0.4 is 10.8 Å². The second-order valence-electron chi connectivity index (χ2n) is 6.54. The van der Waals surface area contributed by atoms with Gasteiger partial charge in [-0.15, -0.1) is 0 Å². The number of hydrogen-bond acceptors (Lipinski definition) is 4. The summed E-state index contributed by atoms with van der Waals surface area (Å²) in [5, 5.41) is 12.3. The van der Waals surface area contributed by atoms with E-state index in [-0.39, 0.29) is 39.4 Å². The fourth-order valence-electron chi connectivity index (χ4n) is 2.46. The van der Waals surface area contributed by atoms with Gasteiger partial charge in [0.25, 0.3) is 5.91 Å². The van der Waals surface area contributed by atoms with Crippen LogP contribution in [0.2, 0.25) is 5.02 Å². The van der Waals surface area contributed by atoms with Crippen molar-refractivity contribution in [3.8, 4) is 0 Å². The number of rotatable bonds is 7. The van der Waals surface area contributed by atoms with Gasteiger partial charge in [0.1, 0.15) is 0 Å². The minimum Gasteiger partial charge on any atom is -0.396 e. The Morgan fingerprint density at radius 3 is 2.64 bits per heavy atom. The molecular weight excluding hydrogens is 572 g/mol. The number of amides is 1. The molecule has 1 aliphatic rings. The third-order valence-electron chi connectivity index (χ3n) is 4.43. The third kappa shape index (κ3) is 4.76. The van der Waals surface area contributed by atoms with E-state index in [0.29, 0.717) is 5.69 Å². The van der Waals surface area contributed by atoms with E-state index in [9.17, 15) is 18.7 Å². The van der Waals surface area contributed by atoms with Gasteiger partial charge in [0.2, 0.25) is 0 Å². The van der Waals surface area contributed by atoms with E-state index in [4.69, 9.17) is 16.4 Å². The quantitative estimate of drug-likeness (QED) is 0.238. The highest BCUT2D eigenvalue weighted by molar-refractivity contribution is 14.1. The maximum absolute atomic E-state index is 14.6. The predicted octanol–water partition coefficient (Wildman–Crippen LogP) is 5.16. The zero-order chi connectivity index (χ0) is 20.5. The van der Waals surface area contributed by atoms with Gasteiger partial charge in [-0.05, 0) is 75.6 Å². The summed E-state index contributed by atoms with van der Waals surface area (Å²) in [5.41, 5.74) is 1.66. The zero-order valence-corrected chi connectivity index (χ0v) is 18.8. The number of hydrogen-bond donors (Lipinski definition) is 3. The summed E-state index contributed by atoms with van der Waals surface area (Å²) in [4.78, 5) is 17.7. The van der Waals surface area contributed by atoms with Crippen LogP contribution in [0.1, 0.15) is 23.2 Å². The molecule has 1 saturated carbocycles. The van der Waals surface area contributed by atoms with Gasteiger partial charge in [-0.25, -0.2) is 14.3 Å². The van der Waals surface area contributed by atoms with Crippen LogP contribution in [0.4, 0.5) is 20.2 Å². The number of halogens is 5. The summed E-state index contributed by atoms with van der Waals surface area (Å²) in [7, 11) is 0. The molecule has 28 heavy (non-hydrogen) atoms. The Balaban J connectivity index is 1.86. The van der Waals surface area contributed by atoms with Gasteiger partial charge in [0, 0.05) is 8.99 Å². The van der Waals surface area contributed by atoms with E-state index in [1.807, 2.05) is 0 Å². The highest BCUT2D eigenvalue weighted by Crippen LogP contribution is 2.45. The van der Waals surface area contributed by atoms with Gasteiger partial charge in [-0.1, -0.05) is 11.6 Å². The average Bonchev–Trinajstić information content (AvgIpc) is 3.44. The van der Waals surface area contributed by atoms with E-state index < -0.39 is 17.5 Å². The lowest BCUT2D eigenvalue weighted by atomic mass is 10.1. The van der Waals surface area contributed by atoms with Crippen LogP contribution in [0.5, 0.6) is 0 Å². The molecular formula is C18H15BrClF2IN2O3. The Kier molecular flexibility index (Phi) is 6.80. The standard InChI is InChI=1S/C18H15BrClF2IN2O3/c19-11-6-10(17(27)25-28-8-18(7-26)3-4-18)16(15(22)14(11)21)24-13-2-1-9(23)5-12(13)20/h1-2,5-6,24,26H,3-4,7-8H2,(H,25,27). The molecule has 1 amide bonds. The summed E-state index contributed by atoms with van der Waals surface area (Å²) in [6.07, 6.45) is 1.60. The van der Waals surface area contributed by atoms with Crippen molar-refractivity contribution in [3.63, 3.8) is 0 Å². The lowest BCUT2D eigenvalue weighted by molar-refractivity contribution is -0.0000445. The van der Waals surface area contributed by atoms with Crippen molar-refractivity contribution < 1.29 is 23.5 Å². The molecule has 0 radical (unpaired) electrons. The molecule has 5 nitrogen and oxygen atoms in total. The maximum Gasteiger partial charge on any atom is 0.277 e. The normalized spacial score (nSPS) is 14.6. The average molecular weight is 588 g/mol. The highest BCUT2D eigenvalue weighted by Gasteiger charge is 2.42. The van der Waals surface area contributed by atoms with E-state index >= 15 is 0 Å². The van der Waals surface area contributed by atoms with Gasteiger partial charge >= 0.3 is 0 Å². The van der Waals surface area contributed by atoms with Crippen LogP contribution in [-0.4, -0.2) is 24.2 Å². The van der Waals surface area contributed by atoms with Crippen molar-refractivity contribution in [1.82, 2.24) is 5.48 Å². The van der Waals surface area contributed by atoms with Crippen LogP contribution in [-0.2, 0) is 4.84 Å². The van der Waals surface area contributed by atoms with Crippen molar-refractivity contribution in [2.45, 2.75) is 12.8 Å². The topological polar surface area (TPSA) is 70.6 Å². The first-order valence-electron chi connectivity index (χ1n) is 8.19. The van der Waals surface area contributed by atoms with Crippen molar-refractivity contribution in [1.29, 1.82) is 0 Å². The molecule has 1 fully saturated rings. The molecule has 0 heterocycles. The van der Waals surface area contributed by atoms with Crippen LogP contribution in [0.15, 0.2) is 28.7 Å². The third-order valence-corrected chi connectivity index (χ3v) is 5.99. The number of aliphatic hydroxyl groups excluding tert-OH is 1. The summed E-state index contributed by atoms with van der Waals surface area (Å²) >= 11 is 11.1. The number of benzene rings is 2. The summed E-state index contributed by atoms with van der Waals surface area (Å²) in [5.74, 6) is -3.14. The highest BCUT2D eigenvalue weighted by atomic mass is 127. The zero-order valence-electron chi connectivity index (χ0n) is 14.3. The maximum atomic E-state index is 14.6. The Morgan fingerprint density at radius 1 is 1.32 bits per heavy atom. The first kappa shape index (κ1) is 21.7. The molecule has 0 saturated heterocycles. The number of hydroxylamine groups is 1. The van der Waals surface area contributed by atoms with E-state index in [1.54, 1.807) is 18.2 Å². The monoisotopic (exact) mass is 586 g/mol. The van der Waals surface area contributed by atoms with Gasteiger partial charge in [0.15, 0.2) is 11.6 Å². The molecule has 1 aliphatic carbocycles. The van der Waals surface area contributed by atoms with E-state index in [0.717, 1.165) is 22.5 Å². The molecule has 0 spiro atoms. The smallest absolute Gasteiger partial charge is 0.277 e. The minimum atomic E-state index is -1.23. The Morgan fingerprint density at radius 2 is 2.04 bits per heavy atom. The fraction of sp³-hybridized carbons (Fsp3) is 0.278. The first-order chi connectivity index (χ1) is 13.3. The second kappa shape index (κ2) is 8.78. The van der Waals surface area contributed by atoms with Gasteiger partial charge < -0.3 is 10.4 Å². The molecule has 10 heteroatoms. The molecule has 2 aromatic rings. The second-order valence-corrected chi connectivity index (χ2v) is 9.04. The number of aliphatic hydroxyl groups is 1. The largest absolute Gasteiger partial charge is 0.396 e. The first-order valence-corrected chi connectivity index (χ1v) is 10.4. The molecule has 2 aromatic carbocycles.